The zero-order valence-electron chi connectivity index (χ0n) is 10.8. The molecular weight excluding hydrogens is 282 g/mol. The number of carbonyl (C=O) groups is 1. The van der Waals surface area contributed by atoms with Gasteiger partial charge in [-0.15, -0.1) is 0 Å². The Hall–Kier alpha value is -1.03. The first kappa shape index (κ1) is 16.0. The highest BCUT2D eigenvalue weighted by atomic mass is 79.9. The molecule has 0 aliphatic rings. The van der Waals surface area contributed by atoms with Crippen LogP contribution >= 0.6 is 15.9 Å². The molecule has 0 atom stereocenters. The highest BCUT2D eigenvalue weighted by Gasteiger charge is 2.15. The van der Waals surface area contributed by atoms with Crippen LogP contribution in [0.25, 0.3) is 0 Å². The summed E-state index contributed by atoms with van der Waals surface area (Å²) >= 11 is 3.36. The molecule has 0 aliphatic heterocycles. The van der Waals surface area contributed by atoms with E-state index >= 15 is 0 Å². The molecular formula is C13H20BrNO2. The van der Waals surface area contributed by atoms with Gasteiger partial charge < -0.3 is 10.1 Å². The van der Waals surface area contributed by atoms with Crippen LogP contribution in [0.15, 0.2) is 34.9 Å². The third-order valence-corrected chi connectivity index (χ3v) is 2.07. The average molecular weight is 302 g/mol. The second kappa shape index (κ2) is 7.33. The van der Waals surface area contributed by atoms with Gasteiger partial charge in [0, 0.05) is 11.0 Å². The van der Waals surface area contributed by atoms with Crippen LogP contribution in [0.5, 0.6) is 0 Å². The second-order valence-corrected chi connectivity index (χ2v) is 5.55. The molecule has 0 aliphatic carbocycles. The van der Waals surface area contributed by atoms with E-state index in [4.69, 9.17) is 4.74 Å². The van der Waals surface area contributed by atoms with E-state index < -0.39 is 11.7 Å². The normalized spacial score (nSPS) is 13.2. The van der Waals surface area contributed by atoms with Crippen molar-refractivity contribution in [3.8, 4) is 0 Å². The summed E-state index contributed by atoms with van der Waals surface area (Å²) < 4.78 is 6.03. The Balaban J connectivity index is 4.17. The van der Waals surface area contributed by atoms with E-state index in [1.807, 2.05) is 39.8 Å². The zero-order valence-corrected chi connectivity index (χ0v) is 12.4. The largest absolute Gasteiger partial charge is 0.444 e. The summed E-state index contributed by atoms with van der Waals surface area (Å²) in [6.45, 7) is 11.5. The Kier molecular flexibility index (Phi) is 6.88. The lowest BCUT2D eigenvalue weighted by Gasteiger charge is -2.19. The molecule has 1 N–H and O–H groups in total. The molecule has 0 rings (SSSR count). The van der Waals surface area contributed by atoms with Gasteiger partial charge in [0.1, 0.15) is 5.60 Å². The van der Waals surface area contributed by atoms with Crippen LogP contribution in [0, 0.1) is 0 Å². The number of allylic oxidation sites excluding steroid dienone is 4. The fourth-order valence-corrected chi connectivity index (χ4v) is 1.55. The number of amides is 1. The van der Waals surface area contributed by atoms with Crippen LogP contribution in [0.3, 0.4) is 0 Å². The smallest absolute Gasteiger partial charge is 0.407 e. The standard InChI is InChI=1S/C13H20BrNO2/c1-6-7-11(14)8-10(2)9-15-12(16)17-13(3,4)5/h6-8H,1,9H2,2-5H3,(H,15,16)/b10-8+,11-7+. The molecule has 0 saturated carbocycles. The summed E-state index contributed by atoms with van der Waals surface area (Å²) in [6.07, 6.45) is 5.03. The maximum atomic E-state index is 11.4. The van der Waals surface area contributed by atoms with E-state index in [0.29, 0.717) is 6.54 Å². The Morgan fingerprint density at radius 1 is 1.47 bits per heavy atom. The summed E-state index contributed by atoms with van der Waals surface area (Å²) in [5.74, 6) is 0. The SMILES string of the molecule is C=C/C=C(Br)\C=C(/C)CNC(=O)OC(C)(C)C. The predicted octanol–water partition coefficient (Wildman–Crippen LogP) is 3.92. The molecule has 0 saturated heterocycles. The van der Waals surface area contributed by atoms with E-state index in [-0.39, 0.29) is 0 Å². The van der Waals surface area contributed by atoms with Gasteiger partial charge in [-0.2, -0.15) is 0 Å². The molecule has 4 heteroatoms. The zero-order chi connectivity index (χ0) is 13.5. The third-order valence-electron chi connectivity index (χ3n) is 1.57. The van der Waals surface area contributed by atoms with Crippen molar-refractivity contribution in [1.29, 1.82) is 0 Å². The van der Waals surface area contributed by atoms with Crippen LogP contribution in [0.1, 0.15) is 27.7 Å². The van der Waals surface area contributed by atoms with Crippen LogP contribution < -0.4 is 5.32 Å². The van der Waals surface area contributed by atoms with Crippen LogP contribution in [-0.4, -0.2) is 18.2 Å². The first-order chi connectivity index (χ1) is 7.74. The van der Waals surface area contributed by atoms with Gasteiger partial charge in [-0.25, -0.2) is 4.79 Å². The second-order valence-electron chi connectivity index (χ2n) is 4.63. The van der Waals surface area contributed by atoms with E-state index in [9.17, 15) is 4.79 Å². The van der Waals surface area contributed by atoms with Crippen molar-refractivity contribution in [2.45, 2.75) is 33.3 Å². The number of nitrogens with one attached hydrogen (secondary N) is 1. The van der Waals surface area contributed by atoms with Gasteiger partial charge in [0.05, 0.1) is 0 Å². The van der Waals surface area contributed by atoms with Crippen molar-refractivity contribution in [2.75, 3.05) is 6.54 Å². The number of ether oxygens (including phenoxy) is 1. The number of alkyl carbamates (subject to hydrolysis) is 1. The summed E-state index contributed by atoms with van der Waals surface area (Å²) in [4.78, 5) is 11.4. The first-order valence-electron chi connectivity index (χ1n) is 5.37. The monoisotopic (exact) mass is 301 g/mol. The molecule has 3 nitrogen and oxygen atoms in total. The summed E-state index contributed by atoms with van der Waals surface area (Å²) in [5.41, 5.74) is 0.547. The lowest BCUT2D eigenvalue weighted by Crippen LogP contribution is -2.33. The highest BCUT2D eigenvalue weighted by Crippen LogP contribution is 2.10. The van der Waals surface area contributed by atoms with Crippen LogP contribution in [-0.2, 0) is 4.74 Å². The molecule has 96 valence electrons. The van der Waals surface area contributed by atoms with Gasteiger partial charge in [0.15, 0.2) is 0 Å². The number of hydrogen-bond donors (Lipinski definition) is 1. The minimum atomic E-state index is -0.467. The van der Waals surface area contributed by atoms with Crippen molar-refractivity contribution in [2.24, 2.45) is 0 Å². The van der Waals surface area contributed by atoms with E-state index in [1.165, 1.54) is 0 Å². The summed E-state index contributed by atoms with van der Waals surface area (Å²) in [6, 6.07) is 0. The van der Waals surface area contributed by atoms with Crippen molar-refractivity contribution >= 4 is 22.0 Å². The van der Waals surface area contributed by atoms with Crippen LogP contribution in [0.4, 0.5) is 4.79 Å². The molecule has 0 aromatic rings. The molecule has 1 amide bonds. The van der Waals surface area contributed by atoms with Gasteiger partial charge in [0.2, 0.25) is 0 Å². The number of rotatable bonds is 4. The fourth-order valence-electron chi connectivity index (χ4n) is 0.973. The quantitative estimate of drug-likeness (QED) is 0.799. The van der Waals surface area contributed by atoms with Crippen molar-refractivity contribution < 1.29 is 9.53 Å². The van der Waals surface area contributed by atoms with Crippen LogP contribution in [0.2, 0.25) is 0 Å². The van der Waals surface area contributed by atoms with Crippen molar-refractivity contribution in [1.82, 2.24) is 5.32 Å². The van der Waals surface area contributed by atoms with Gasteiger partial charge in [-0.05, 0) is 39.8 Å². The van der Waals surface area contributed by atoms with Gasteiger partial charge in [0.25, 0.3) is 0 Å². The Morgan fingerprint density at radius 3 is 2.53 bits per heavy atom. The maximum absolute atomic E-state index is 11.4. The number of carbonyl (C=O) groups excluding carboxylic acids is 1. The Morgan fingerprint density at radius 2 is 2.06 bits per heavy atom. The third kappa shape index (κ3) is 9.87. The van der Waals surface area contributed by atoms with Crippen molar-refractivity contribution in [3.05, 3.63) is 34.9 Å². The van der Waals surface area contributed by atoms with E-state index in [0.717, 1.165) is 10.1 Å². The lowest BCUT2D eigenvalue weighted by atomic mass is 10.2. The number of hydrogen-bond acceptors (Lipinski definition) is 2. The molecule has 0 aromatic heterocycles. The molecule has 17 heavy (non-hydrogen) atoms. The number of halogens is 1. The minimum absolute atomic E-state index is 0.408. The minimum Gasteiger partial charge on any atom is -0.444 e. The average Bonchev–Trinajstić information content (AvgIpc) is 2.12. The predicted molar refractivity (Wildman–Crippen MR) is 75.2 cm³/mol. The van der Waals surface area contributed by atoms with Gasteiger partial charge >= 0.3 is 6.09 Å². The lowest BCUT2D eigenvalue weighted by molar-refractivity contribution is 0.0532. The van der Waals surface area contributed by atoms with Gasteiger partial charge in [-0.3, -0.25) is 0 Å². The Labute approximate surface area is 112 Å². The topological polar surface area (TPSA) is 38.3 Å². The summed E-state index contributed by atoms with van der Waals surface area (Å²) in [7, 11) is 0. The summed E-state index contributed by atoms with van der Waals surface area (Å²) in [5, 5.41) is 2.68. The Bertz CT molecular complexity index is 338. The molecule has 0 fully saturated rings. The highest BCUT2D eigenvalue weighted by molar-refractivity contribution is 9.11. The maximum Gasteiger partial charge on any atom is 0.407 e. The molecule has 0 spiro atoms. The van der Waals surface area contributed by atoms with Crippen molar-refractivity contribution in [3.63, 3.8) is 0 Å². The first-order valence-corrected chi connectivity index (χ1v) is 6.16. The molecule has 0 aromatic carbocycles. The van der Waals surface area contributed by atoms with E-state index in [2.05, 4.69) is 27.8 Å². The molecule has 0 heterocycles. The fraction of sp³-hybridized carbons (Fsp3) is 0.462. The molecule has 0 radical (unpaired) electrons. The van der Waals surface area contributed by atoms with E-state index in [1.54, 1.807) is 6.08 Å². The molecule has 0 bridgehead atoms. The molecule has 0 unspecified atom stereocenters. The van der Waals surface area contributed by atoms with Gasteiger partial charge in [-0.1, -0.05) is 34.2 Å².